The predicted octanol–water partition coefficient (Wildman–Crippen LogP) is 5.81. The van der Waals surface area contributed by atoms with Gasteiger partial charge in [-0.1, -0.05) is 40.7 Å². The molecule has 28 heavy (non-hydrogen) atoms. The summed E-state index contributed by atoms with van der Waals surface area (Å²) >= 11 is 0. The van der Waals surface area contributed by atoms with E-state index in [-0.39, 0.29) is 10.5 Å². The van der Waals surface area contributed by atoms with Crippen LogP contribution in [0.3, 0.4) is 0 Å². The molecule has 164 valence electrons. The van der Waals surface area contributed by atoms with Gasteiger partial charge in [0.25, 0.3) is 0 Å². The van der Waals surface area contributed by atoms with E-state index in [1.807, 2.05) is 0 Å². The minimum absolute atomic E-state index is 0.140. The van der Waals surface area contributed by atoms with E-state index in [1.54, 1.807) is 0 Å². The van der Waals surface area contributed by atoms with Crippen molar-refractivity contribution in [3.05, 3.63) is 11.6 Å². The lowest BCUT2D eigenvalue weighted by atomic mass is 9.63. The Kier molecular flexibility index (Phi) is 7.31. The highest BCUT2D eigenvalue weighted by molar-refractivity contribution is 6.74. The smallest absolute Gasteiger partial charge is 0.191 e. The normalized spacial score (nSPS) is 28.1. The van der Waals surface area contributed by atoms with Crippen molar-refractivity contribution in [1.82, 2.24) is 0 Å². The first-order valence-electron chi connectivity index (χ1n) is 11.1. The molecule has 1 saturated heterocycles. The third-order valence-electron chi connectivity index (χ3n) is 7.63. The van der Waals surface area contributed by atoms with Crippen LogP contribution in [-0.4, -0.2) is 44.6 Å². The first-order chi connectivity index (χ1) is 12.7. The number of hydrogen-bond donors (Lipinski definition) is 1. The van der Waals surface area contributed by atoms with Gasteiger partial charge in [0.05, 0.1) is 18.8 Å². The molecule has 0 aromatic carbocycles. The molecule has 1 aliphatic heterocycles. The van der Waals surface area contributed by atoms with Crippen molar-refractivity contribution in [2.24, 2.45) is 5.41 Å². The van der Waals surface area contributed by atoms with E-state index >= 15 is 0 Å². The quantitative estimate of drug-likeness (QED) is 0.423. The number of aliphatic hydroxyl groups is 1. The van der Waals surface area contributed by atoms with Crippen molar-refractivity contribution < 1.29 is 19.0 Å². The van der Waals surface area contributed by atoms with E-state index in [2.05, 4.69) is 60.7 Å². The van der Waals surface area contributed by atoms with Gasteiger partial charge >= 0.3 is 0 Å². The molecule has 0 aromatic heterocycles. The Bertz CT molecular complexity index is 555. The number of ether oxygens (including phenoxy) is 2. The standard InChI is InChI=1S/C23H44O4Si/c1-19-11-9-12-21(5,6)23(19,24)14-13-22(25-16-10-17-26-22)15-18-27-28(7,8)20(2,3)4/h11,24H,9-10,12-18H2,1-8H3. The summed E-state index contributed by atoms with van der Waals surface area (Å²) in [6.07, 6.45) is 7.24. The van der Waals surface area contributed by atoms with Crippen LogP contribution in [0.25, 0.3) is 0 Å². The summed E-state index contributed by atoms with van der Waals surface area (Å²) in [5.41, 5.74) is 0.148. The van der Waals surface area contributed by atoms with Crippen molar-refractivity contribution in [2.75, 3.05) is 19.8 Å². The summed E-state index contributed by atoms with van der Waals surface area (Å²) in [6, 6.07) is 0. The van der Waals surface area contributed by atoms with Gasteiger partial charge in [0.2, 0.25) is 0 Å². The Hall–Kier alpha value is -0.203. The Labute approximate surface area is 174 Å². The third kappa shape index (κ3) is 5.09. The van der Waals surface area contributed by atoms with Crippen LogP contribution in [0.5, 0.6) is 0 Å². The second kappa shape index (κ2) is 8.50. The van der Waals surface area contributed by atoms with Gasteiger partial charge in [-0.15, -0.1) is 0 Å². The lowest BCUT2D eigenvalue weighted by Crippen LogP contribution is -2.51. The lowest BCUT2D eigenvalue weighted by Gasteiger charge is -2.48. The van der Waals surface area contributed by atoms with Crippen molar-refractivity contribution in [2.45, 2.75) is 110 Å². The van der Waals surface area contributed by atoms with Crippen LogP contribution in [0.15, 0.2) is 11.6 Å². The van der Waals surface area contributed by atoms with Gasteiger partial charge in [0.1, 0.15) is 0 Å². The molecule has 0 saturated carbocycles. The molecule has 4 nitrogen and oxygen atoms in total. The molecule has 2 rings (SSSR count). The van der Waals surface area contributed by atoms with Crippen molar-refractivity contribution >= 4 is 8.32 Å². The predicted molar refractivity (Wildman–Crippen MR) is 118 cm³/mol. The van der Waals surface area contributed by atoms with Crippen LogP contribution < -0.4 is 0 Å². The summed E-state index contributed by atoms with van der Waals surface area (Å²) in [5, 5.41) is 11.8. The van der Waals surface area contributed by atoms with E-state index in [1.165, 1.54) is 0 Å². The zero-order valence-electron chi connectivity index (χ0n) is 19.6. The zero-order chi connectivity index (χ0) is 21.3. The maximum Gasteiger partial charge on any atom is 0.191 e. The maximum absolute atomic E-state index is 11.6. The van der Waals surface area contributed by atoms with E-state index in [9.17, 15) is 5.11 Å². The molecule has 1 heterocycles. The van der Waals surface area contributed by atoms with Crippen molar-refractivity contribution in [3.8, 4) is 0 Å². The largest absolute Gasteiger partial charge is 0.417 e. The van der Waals surface area contributed by atoms with Gasteiger partial charge < -0.3 is 19.0 Å². The van der Waals surface area contributed by atoms with E-state index in [0.29, 0.717) is 19.4 Å². The molecule has 0 aromatic rings. The van der Waals surface area contributed by atoms with Crippen LogP contribution >= 0.6 is 0 Å². The molecule has 5 heteroatoms. The molecule has 0 spiro atoms. The molecular weight excluding hydrogens is 368 g/mol. The molecule has 0 amide bonds. The summed E-state index contributed by atoms with van der Waals surface area (Å²) < 4.78 is 18.8. The van der Waals surface area contributed by atoms with Crippen LogP contribution in [0.1, 0.15) is 80.1 Å². The van der Waals surface area contributed by atoms with Crippen LogP contribution in [-0.2, 0) is 13.9 Å². The molecule has 1 atom stereocenters. The van der Waals surface area contributed by atoms with Crippen molar-refractivity contribution in [3.63, 3.8) is 0 Å². The summed E-state index contributed by atoms with van der Waals surface area (Å²) in [4.78, 5) is 0. The van der Waals surface area contributed by atoms with E-state index in [4.69, 9.17) is 13.9 Å². The van der Waals surface area contributed by atoms with Gasteiger partial charge in [-0.25, -0.2) is 0 Å². The Balaban J connectivity index is 2.07. The fourth-order valence-electron chi connectivity index (χ4n) is 4.17. The molecule has 1 fully saturated rings. The summed E-state index contributed by atoms with van der Waals surface area (Å²) in [5.74, 6) is -0.635. The second-order valence-corrected chi connectivity index (χ2v) is 15.8. The van der Waals surface area contributed by atoms with Crippen LogP contribution in [0.4, 0.5) is 0 Å². The van der Waals surface area contributed by atoms with Crippen molar-refractivity contribution in [1.29, 1.82) is 0 Å². The fourth-order valence-corrected chi connectivity index (χ4v) is 5.22. The van der Waals surface area contributed by atoms with Gasteiger partial charge in [0, 0.05) is 19.4 Å². The highest BCUT2D eigenvalue weighted by Gasteiger charge is 2.48. The lowest BCUT2D eigenvalue weighted by molar-refractivity contribution is -0.280. The number of rotatable bonds is 7. The molecule has 2 aliphatic rings. The summed E-state index contributed by atoms with van der Waals surface area (Å²) in [7, 11) is -1.80. The second-order valence-electron chi connectivity index (χ2n) is 11.0. The highest BCUT2D eigenvalue weighted by atomic mass is 28.4. The molecule has 1 unspecified atom stereocenters. The Morgan fingerprint density at radius 3 is 2.25 bits per heavy atom. The van der Waals surface area contributed by atoms with E-state index < -0.39 is 19.7 Å². The average Bonchev–Trinajstić information content (AvgIpc) is 2.58. The number of allylic oxidation sites excluding steroid dienone is 1. The van der Waals surface area contributed by atoms with E-state index in [0.717, 1.165) is 44.5 Å². The maximum atomic E-state index is 11.6. The minimum Gasteiger partial charge on any atom is -0.417 e. The number of hydrogen-bond acceptors (Lipinski definition) is 4. The summed E-state index contributed by atoms with van der Waals surface area (Å²) in [6.45, 7) is 19.9. The first kappa shape index (κ1) is 24.1. The Morgan fingerprint density at radius 1 is 1.11 bits per heavy atom. The zero-order valence-corrected chi connectivity index (χ0v) is 20.6. The van der Waals surface area contributed by atoms with Crippen LogP contribution in [0, 0.1) is 5.41 Å². The third-order valence-corrected chi connectivity index (χ3v) is 12.2. The molecule has 0 radical (unpaired) electrons. The van der Waals surface area contributed by atoms with Gasteiger partial charge in [-0.2, -0.15) is 0 Å². The topological polar surface area (TPSA) is 47.9 Å². The monoisotopic (exact) mass is 412 g/mol. The molecule has 1 aliphatic carbocycles. The van der Waals surface area contributed by atoms with Crippen LogP contribution in [0.2, 0.25) is 18.1 Å². The minimum atomic E-state index is -1.80. The SMILES string of the molecule is CC1=CCCC(C)(C)C1(O)CCC1(CCO[Si](C)(C)C(C)(C)C)OCCCO1. The molecular formula is C23H44O4Si. The average molecular weight is 413 g/mol. The van der Waals surface area contributed by atoms with Gasteiger partial charge in [-0.05, 0) is 61.7 Å². The molecule has 0 bridgehead atoms. The highest BCUT2D eigenvalue weighted by Crippen LogP contribution is 2.48. The van der Waals surface area contributed by atoms with Gasteiger partial charge in [-0.3, -0.25) is 0 Å². The fraction of sp³-hybridized carbons (Fsp3) is 0.913. The van der Waals surface area contributed by atoms with Gasteiger partial charge in [0.15, 0.2) is 14.1 Å². The first-order valence-corrected chi connectivity index (χ1v) is 14.0. The Morgan fingerprint density at radius 2 is 1.71 bits per heavy atom. The molecule has 1 N–H and O–H groups in total.